The number of hydrogen-bond acceptors (Lipinski definition) is 3. The highest BCUT2D eigenvalue weighted by molar-refractivity contribution is 7.98. The van der Waals surface area contributed by atoms with Crippen molar-refractivity contribution >= 4 is 27.5 Å². The molecule has 122 valence electrons. The van der Waals surface area contributed by atoms with Gasteiger partial charge in [-0.2, -0.15) is 0 Å². The summed E-state index contributed by atoms with van der Waals surface area (Å²) in [6, 6.07) is 26.0. The lowest BCUT2D eigenvalue weighted by atomic mass is 10.2. The number of hydrogen-bond donors (Lipinski definition) is 1. The third-order valence-corrected chi connectivity index (χ3v) is 5.89. The summed E-state index contributed by atoms with van der Waals surface area (Å²) in [5.74, 6) is 0.885. The van der Waals surface area contributed by atoms with Crippen molar-refractivity contribution < 1.29 is 8.42 Å². The molecule has 5 heteroatoms. The summed E-state index contributed by atoms with van der Waals surface area (Å²) in [6.45, 7) is 0. The molecule has 0 aromatic heterocycles. The molecular weight excluding hydrogens is 338 g/mol. The molecule has 24 heavy (non-hydrogen) atoms. The zero-order valence-corrected chi connectivity index (χ0v) is 14.6. The molecule has 0 heterocycles. The Morgan fingerprint density at radius 2 is 1.33 bits per heavy atom. The Hall–Kier alpha value is -2.24. The molecule has 0 unspecified atom stereocenters. The lowest BCUT2D eigenvalue weighted by Gasteiger charge is -2.09. The molecule has 3 rings (SSSR count). The zero-order chi connectivity index (χ0) is 16.8. The minimum absolute atomic E-state index is 0.257. The minimum atomic E-state index is -3.54. The van der Waals surface area contributed by atoms with Crippen LogP contribution < -0.4 is 4.72 Å². The molecular formula is C19H17NO2S2. The van der Waals surface area contributed by atoms with Crippen LogP contribution in [0.5, 0.6) is 0 Å². The Morgan fingerprint density at radius 3 is 1.96 bits per heavy atom. The fraction of sp³-hybridized carbons (Fsp3) is 0.0526. The monoisotopic (exact) mass is 355 g/mol. The highest BCUT2D eigenvalue weighted by Gasteiger charge is 2.13. The van der Waals surface area contributed by atoms with Gasteiger partial charge in [-0.1, -0.05) is 48.5 Å². The minimum Gasteiger partial charge on any atom is -0.280 e. The van der Waals surface area contributed by atoms with Gasteiger partial charge in [0.1, 0.15) is 0 Å². The Kier molecular flexibility index (Phi) is 5.23. The predicted molar refractivity (Wildman–Crippen MR) is 99.7 cm³/mol. The van der Waals surface area contributed by atoms with E-state index in [0.29, 0.717) is 5.69 Å². The summed E-state index contributed by atoms with van der Waals surface area (Å²) < 4.78 is 27.2. The molecule has 0 fully saturated rings. The summed E-state index contributed by atoms with van der Waals surface area (Å²) in [4.78, 5) is 1.36. The molecule has 3 aromatic rings. The van der Waals surface area contributed by atoms with Gasteiger partial charge in [0.2, 0.25) is 0 Å². The van der Waals surface area contributed by atoms with Gasteiger partial charge >= 0.3 is 0 Å². The summed E-state index contributed by atoms with van der Waals surface area (Å²) >= 11 is 1.72. The van der Waals surface area contributed by atoms with Gasteiger partial charge in [-0.05, 0) is 42.0 Å². The summed E-state index contributed by atoms with van der Waals surface area (Å²) in [7, 11) is -3.54. The standard InChI is InChI=1S/C19H17NO2S2/c21-24(22,19-9-5-2-6-10-19)20-17-11-13-18(14-12-17)23-15-16-7-3-1-4-8-16/h1-14,20H,15H2. The second-order valence-electron chi connectivity index (χ2n) is 5.22. The maximum Gasteiger partial charge on any atom is 0.261 e. The van der Waals surface area contributed by atoms with Crippen LogP contribution in [0, 0.1) is 0 Å². The van der Waals surface area contributed by atoms with Crippen molar-refractivity contribution in [3.8, 4) is 0 Å². The number of thioether (sulfide) groups is 1. The molecule has 0 aliphatic carbocycles. The van der Waals surface area contributed by atoms with Crippen LogP contribution in [0.25, 0.3) is 0 Å². The molecule has 0 atom stereocenters. The Bertz CT molecular complexity index is 878. The summed E-state index contributed by atoms with van der Waals surface area (Å²) in [5, 5.41) is 0. The number of benzene rings is 3. The van der Waals surface area contributed by atoms with Crippen molar-refractivity contribution in [1.29, 1.82) is 0 Å². The van der Waals surface area contributed by atoms with Crippen molar-refractivity contribution in [2.75, 3.05) is 4.72 Å². The van der Waals surface area contributed by atoms with Gasteiger partial charge in [0, 0.05) is 16.3 Å². The molecule has 0 saturated carbocycles. The van der Waals surface area contributed by atoms with Gasteiger partial charge in [-0.15, -0.1) is 11.8 Å². The second kappa shape index (κ2) is 7.55. The van der Waals surface area contributed by atoms with Crippen molar-refractivity contribution in [2.45, 2.75) is 15.5 Å². The topological polar surface area (TPSA) is 46.2 Å². The van der Waals surface area contributed by atoms with Gasteiger partial charge < -0.3 is 0 Å². The quantitative estimate of drug-likeness (QED) is 0.647. The molecule has 0 aliphatic heterocycles. The Balaban J connectivity index is 1.64. The van der Waals surface area contributed by atoms with Gasteiger partial charge in [-0.3, -0.25) is 4.72 Å². The van der Waals surface area contributed by atoms with E-state index in [1.165, 1.54) is 5.56 Å². The first kappa shape index (κ1) is 16.6. The van der Waals surface area contributed by atoms with Crippen LogP contribution in [0.2, 0.25) is 0 Å². The van der Waals surface area contributed by atoms with E-state index in [9.17, 15) is 8.42 Å². The van der Waals surface area contributed by atoms with Crippen LogP contribution in [0.4, 0.5) is 5.69 Å². The SMILES string of the molecule is O=S(=O)(Nc1ccc(SCc2ccccc2)cc1)c1ccccc1. The molecule has 0 saturated heterocycles. The van der Waals surface area contributed by atoms with Crippen LogP contribution in [-0.4, -0.2) is 8.42 Å². The third kappa shape index (κ3) is 4.40. The molecule has 0 radical (unpaired) electrons. The Labute approximate surface area is 146 Å². The molecule has 0 spiro atoms. The average molecular weight is 355 g/mol. The second-order valence-corrected chi connectivity index (χ2v) is 7.95. The van der Waals surface area contributed by atoms with E-state index in [0.717, 1.165) is 10.6 Å². The van der Waals surface area contributed by atoms with E-state index in [1.807, 2.05) is 30.3 Å². The van der Waals surface area contributed by atoms with E-state index in [2.05, 4.69) is 16.9 Å². The van der Waals surface area contributed by atoms with Crippen molar-refractivity contribution in [2.24, 2.45) is 0 Å². The average Bonchev–Trinajstić information content (AvgIpc) is 2.62. The number of nitrogens with one attached hydrogen (secondary N) is 1. The molecule has 0 amide bonds. The van der Waals surface area contributed by atoms with Crippen LogP contribution in [0.15, 0.2) is 94.7 Å². The summed E-state index contributed by atoms with van der Waals surface area (Å²) in [6.07, 6.45) is 0. The van der Waals surface area contributed by atoms with E-state index in [4.69, 9.17) is 0 Å². The number of anilines is 1. The maximum absolute atomic E-state index is 12.3. The zero-order valence-electron chi connectivity index (χ0n) is 12.9. The van der Waals surface area contributed by atoms with Gasteiger partial charge in [0.25, 0.3) is 10.0 Å². The third-order valence-electron chi connectivity index (χ3n) is 3.41. The van der Waals surface area contributed by atoms with Crippen molar-refractivity contribution in [3.05, 3.63) is 90.5 Å². The fourth-order valence-corrected chi connectivity index (χ4v) is 4.11. The van der Waals surface area contributed by atoms with Crippen LogP contribution >= 0.6 is 11.8 Å². The van der Waals surface area contributed by atoms with Gasteiger partial charge in [0.05, 0.1) is 4.90 Å². The molecule has 3 nitrogen and oxygen atoms in total. The molecule has 0 aliphatic rings. The largest absolute Gasteiger partial charge is 0.280 e. The smallest absolute Gasteiger partial charge is 0.261 e. The van der Waals surface area contributed by atoms with E-state index in [1.54, 1.807) is 54.2 Å². The normalized spacial score (nSPS) is 11.2. The van der Waals surface area contributed by atoms with Crippen molar-refractivity contribution in [1.82, 2.24) is 0 Å². The van der Waals surface area contributed by atoms with Gasteiger partial charge in [-0.25, -0.2) is 8.42 Å². The first-order valence-electron chi connectivity index (χ1n) is 7.48. The van der Waals surface area contributed by atoms with E-state index >= 15 is 0 Å². The molecule has 3 aromatic carbocycles. The van der Waals surface area contributed by atoms with Crippen LogP contribution in [0.1, 0.15) is 5.56 Å². The van der Waals surface area contributed by atoms with E-state index in [-0.39, 0.29) is 4.90 Å². The van der Waals surface area contributed by atoms with Crippen molar-refractivity contribution in [3.63, 3.8) is 0 Å². The first-order valence-corrected chi connectivity index (χ1v) is 9.95. The van der Waals surface area contributed by atoms with Crippen LogP contribution in [-0.2, 0) is 15.8 Å². The molecule has 0 bridgehead atoms. The lowest BCUT2D eigenvalue weighted by Crippen LogP contribution is -2.12. The predicted octanol–water partition coefficient (Wildman–Crippen LogP) is 4.78. The van der Waals surface area contributed by atoms with E-state index < -0.39 is 10.0 Å². The lowest BCUT2D eigenvalue weighted by molar-refractivity contribution is 0.601. The van der Waals surface area contributed by atoms with Gasteiger partial charge in [0.15, 0.2) is 0 Å². The summed E-state index contributed by atoms with van der Waals surface area (Å²) in [5.41, 5.74) is 1.82. The highest BCUT2D eigenvalue weighted by atomic mass is 32.2. The fourth-order valence-electron chi connectivity index (χ4n) is 2.17. The maximum atomic E-state index is 12.3. The number of rotatable bonds is 6. The first-order chi connectivity index (χ1) is 11.6. The molecule has 1 N–H and O–H groups in total. The Morgan fingerprint density at radius 1 is 0.750 bits per heavy atom. The highest BCUT2D eigenvalue weighted by Crippen LogP contribution is 2.25. The number of sulfonamides is 1. The van der Waals surface area contributed by atoms with Crippen LogP contribution in [0.3, 0.4) is 0 Å².